The molecule has 1 aromatic heterocycles. The van der Waals surface area contributed by atoms with Crippen LogP contribution < -0.4 is 0 Å². The maximum Gasteiger partial charge on any atom is 0.138 e. The van der Waals surface area contributed by atoms with E-state index in [0.717, 1.165) is 36.9 Å². The van der Waals surface area contributed by atoms with Gasteiger partial charge in [-0.15, -0.1) is 0 Å². The first-order valence-corrected chi connectivity index (χ1v) is 6.57. The summed E-state index contributed by atoms with van der Waals surface area (Å²) in [7, 11) is 0. The van der Waals surface area contributed by atoms with Crippen LogP contribution in [0.25, 0.3) is 0 Å². The van der Waals surface area contributed by atoms with E-state index in [0.29, 0.717) is 5.75 Å². The average molecular weight is 234 g/mol. The minimum Gasteiger partial charge on any atom is -0.506 e. The monoisotopic (exact) mass is 234 g/mol. The van der Waals surface area contributed by atoms with Gasteiger partial charge in [0.05, 0.1) is 5.69 Å². The maximum absolute atomic E-state index is 9.78. The Bertz CT molecular complexity index is 378. The fourth-order valence-corrected chi connectivity index (χ4v) is 2.63. The van der Waals surface area contributed by atoms with Crippen LogP contribution in [0.5, 0.6) is 5.75 Å². The highest BCUT2D eigenvalue weighted by atomic mass is 16.3. The molecule has 0 amide bonds. The lowest BCUT2D eigenvalue weighted by atomic mass is 10.0. The van der Waals surface area contributed by atoms with Crippen molar-refractivity contribution in [3.05, 3.63) is 23.5 Å². The fraction of sp³-hybridized carbons (Fsp3) is 0.643. The van der Waals surface area contributed by atoms with Gasteiger partial charge in [0.25, 0.3) is 0 Å². The van der Waals surface area contributed by atoms with Gasteiger partial charge in [0, 0.05) is 18.8 Å². The molecule has 1 aromatic rings. The van der Waals surface area contributed by atoms with E-state index in [2.05, 4.69) is 16.8 Å². The first kappa shape index (κ1) is 12.4. The maximum atomic E-state index is 9.78. The molecule has 1 aliphatic rings. The van der Waals surface area contributed by atoms with Gasteiger partial charge in [0.1, 0.15) is 5.75 Å². The predicted molar refractivity (Wildman–Crippen MR) is 68.9 cm³/mol. The molecule has 1 fully saturated rings. The van der Waals surface area contributed by atoms with Crippen LogP contribution in [-0.4, -0.2) is 28.1 Å². The van der Waals surface area contributed by atoms with E-state index in [1.54, 1.807) is 6.07 Å². The molecule has 2 rings (SSSR count). The summed E-state index contributed by atoms with van der Waals surface area (Å²) in [5.41, 5.74) is 1.80. The number of hydrogen-bond acceptors (Lipinski definition) is 3. The van der Waals surface area contributed by atoms with Crippen molar-refractivity contribution in [2.45, 2.75) is 39.7 Å². The lowest BCUT2D eigenvalue weighted by Crippen LogP contribution is -2.21. The molecule has 1 aliphatic heterocycles. The van der Waals surface area contributed by atoms with Gasteiger partial charge in [-0.2, -0.15) is 0 Å². The van der Waals surface area contributed by atoms with Crippen molar-refractivity contribution >= 4 is 0 Å². The average Bonchev–Trinajstić information content (AvgIpc) is 2.72. The number of aromatic nitrogens is 1. The van der Waals surface area contributed by atoms with Gasteiger partial charge >= 0.3 is 0 Å². The van der Waals surface area contributed by atoms with Crippen LogP contribution in [0, 0.1) is 12.8 Å². The molecule has 0 spiro atoms. The summed E-state index contributed by atoms with van der Waals surface area (Å²) >= 11 is 0. The summed E-state index contributed by atoms with van der Waals surface area (Å²) in [6.45, 7) is 7.29. The summed E-state index contributed by atoms with van der Waals surface area (Å²) in [4.78, 5) is 6.82. The molecule has 0 radical (unpaired) electrons. The lowest BCUT2D eigenvalue weighted by Gasteiger charge is -2.16. The Morgan fingerprint density at radius 1 is 1.47 bits per heavy atom. The Morgan fingerprint density at radius 3 is 3.06 bits per heavy atom. The highest BCUT2D eigenvalue weighted by Crippen LogP contribution is 2.24. The molecular weight excluding hydrogens is 212 g/mol. The SMILES string of the molecule is CCCC1CCN(Cc2nc(C)ccc2O)C1. The van der Waals surface area contributed by atoms with Gasteiger partial charge in [-0.25, -0.2) is 0 Å². The third kappa shape index (κ3) is 3.19. The van der Waals surface area contributed by atoms with Crippen molar-refractivity contribution < 1.29 is 5.11 Å². The molecule has 94 valence electrons. The van der Waals surface area contributed by atoms with Crippen molar-refractivity contribution in [1.29, 1.82) is 0 Å². The predicted octanol–water partition coefficient (Wildman–Crippen LogP) is 2.72. The van der Waals surface area contributed by atoms with E-state index >= 15 is 0 Å². The molecule has 0 bridgehead atoms. The Kier molecular flexibility index (Phi) is 4.00. The van der Waals surface area contributed by atoms with Crippen LogP contribution in [0.15, 0.2) is 12.1 Å². The highest BCUT2D eigenvalue weighted by Gasteiger charge is 2.22. The summed E-state index contributed by atoms with van der Waals surface area (Å²) < 4.78 is 0. The molecule has 0 aliphatic carbocycles. The summed E-state index contributed by atoms with van der Waals surface area (Å²) in [5.74, 6) is 1.17. The number of aryl methyl sites for hydroxylation is 1. The van der Waals surface area contributed by atoms with Gasteiger partial charge in [0.2, 0.25) is 0 Å². The second-order valence-corrected chi connectivity index (χ2v) is 5.10. The molecule has 2 heterocycles. The number of pyridine rings is 1. The number of likely N-dealkylation sites (tertiary alicyclic amines) is 1. The second-order valence-electron chi connectivity index (χ2n) is 5.10. The zero-order chi connectivity index (χ0) is 12.3. The molecule has 1 N–H and O–H groups in total. The standard InChI is InChI=1S/C14H22N2O/c1-3-4-12-7-8-16(9-12)10-13-14(17)6-5-11(2)15-13/h5-6,12,17H,3-4,7-10H2,1-2H3. The third-order valence-electron chi connectivity index (χ3n) is 3.53. The van der Waals surface area contributed by atoms with Crippen LogP contribution >= 0.6 is 0 Å². The number of nitrogens with zero attached hydrogens (tertiary/aromatic N) is 2. The van der Waals surface area contributed by atoms with Gasteiger partial charge in [-0.1, -0.05) is 13.3 Å². The molecule has 1 saturated heterocycles. The van der Waals surface area contributed by atoms with E-state index in [-0.39, 0.29) is 0 Å². The second kappa shape index (κ2) is 5.50. The molecule has 0 aromatic carbocycles. The van der Waals surface area contributed by atoms with E-state index < -0.39 is 0 Å². The van der Waals surface area contributed by atoms with Crippen molar-refractivity contribution in [2.24, 2.45) is 5.92 Å². The van der Waals surface area contributed by atoms with E-state index in [9.17, 15) is 5.11 Å². The molecule has 3 nitrogen and oxygen atoms in total. The van der Waals surface area contributed by atoms with Gasteiger partial charge in [0.15, 0.2) is 0 Å². The van der Waals surface area contributed by atoms with Crippen LogP contribution in [0.3, 0.4) is 0 Å². The number of rotatable bonds is 4. The Labute approximate surface area is 103 Å². The fourth-order valence-electron chi connectivity index (χ4n) is 2.63. The van der Waals surface area contributed by atoms with Crippen LogP contribution in [0.1, 0.15) is 37.6 Å². The van der Waals surface area contributed by atoms with Gasteiger partial charge < -0.3 is 5.11 Å². The van der Waals surface area contributed by atoms with E-state index in [4.69, 9.17) is 0 Å². The van der Waals surface area contributed by atoms with Gasteiger partial charge in [-0.05, 0) is 44.4 Å². The van der Waals surface area contributed by atoms with E-state index in [1.165, 1.54) is 19.3 Å². The topological polar surface area (TPSA) is 36.4 Å². The molecular formula is C14H22N2O. The quantitative estimate of drug-likeness (QED) is 0.870. The summed E-state index contributed by atoms with van der Waals surface area (Å²) in [6, 6.07) is 3.60. The Morgan fingerprint density at radius 2 is 2.29 bits per heavy atom. The van der Waals surface area contributed by atoms with Crippen LogP contribution in [0.2, 0.25) is 0 Å². The Hall–Kier alpha value is -1.09. The summed E-state index contributed by atoms with van der Waals surface area (Å²) in [5, 5.41) is 9.78. The zero-order valence-electron chi connectivity index (χ0n) is 10.8. The van der Waals surface area contributed by atoms with Gasteiger partial charge in [-0.3, -0.25) is 9.88 Å². The van der Waals surface area contributed by atoms with Crippen LogP contribution in [0.4, 0.5) is 0 Å². The molecule has 1 unspecified atom stereocenters. The van der Waals surface area contributed by atoms with Crippen molar-refractivity contribution in [2.75, 3.05) is 13.1 Å². The van der Waals surface area contributed by atoms with Crippen LogP contribution in [-0.2, 0) is 6.54 Å². The van der Waals surface area contributed by atoms with Crippen molar-refractivity contribution in [3.8, 4) is 5.75 Å². The molecule has 0 saturated carbocycles. The minimum absolute atomic E-state index is 0.328. The number of hydrogen-bond donors (Lipinski definition) is 1. The zero-order valence-corrected chi connectivity index (χ0v) is 10.8. The Balaban J connectivity index is 1.95. The minimum atomic E-state index is 0.328. The third-order valence-corrected chi connectivity index (χ3v) is 3.53. The first-order valence-electron chi connectivity index (χ1n) is 6.57. The lowest BCUT2D eigenvalue weighted by molar-refractivity contribution is 0.302. The van der Waals surface area contributed by atoms with Crippen molar-refractivity contribution in [3.63, 3.8) is 0 Å². The highest BCUT2D eigenvalue weighted by molar-refractivity contribution is 5.27. The normalized spacial score (nSPS) is 20.9. The molecule has 17 heavy (non-hydrogen) atoms. The van der Waals surface area contributed by atoms with Crippen molar-refractivity contribution in [1.82, 2.24) is 9.88 Å². The van der Waals surface area contributed by atoms with E-state index in [1.807, 2.05) is 13.0 Å². The summed E-state index contributed by atoms with van der Waals surface area (Å²) in [6.07, 6.45) is 3.89. The molecule has 3 heteroatoms. The number of aromatic hydroxyl groups is 1. The molecule has 1 atom stereocenters. The first-order chi connectivity index (χ1) is 8.19. The largest absolute Gasteiger partial charge is 0.506 e. The smallest absolute Gasteiger partial charge is 0.138 e.